The molecule has 2 aromatic rings. The minimum Gasteiger partial charge on any atom is -0.379 e. The first-order valence-corrected chi connectivity index (χ1v) is 10.1. The molecule has 1 heterocycles. The molecule has 0 radical (unpaired) electrons. The topological polar surface area (TPSA) is 24.5 Å². The predicted octanol–water partition coefficient (Wildman–Crippen LogP) is 4.94. The van der Waals surface area contributed by atoms with Crippen LogP contribution < -0.4 is 5.32 Å². The van der Waals surface area contributed by atoms with Crippen molar-refractivity contribution in [1.82, 2.24) is 10.2 Å². The quantitative estimate of drug-likeness (QED) is 0.567. The van der Waals surface area contributed by atoms with Gasteiger partial charge >= 0.3 is 0 Å². The van der Waals surface area contributed by atoms with Crippen LogP contribution in [-0.4, -0.2) is 50.8 Å². The van der Waals surface area contributed by atoms with E-state index in [2.05, 4.69) is 65.3 Å². The van der Waals surface area contributed by atoms with Crippen molar-refractivity contribution in [1.29, 1.82) is 0 Å². The first-order chi connectivity index (χ1) is 13.3. The highest BCUT2D eigenvalue weighted by atomic mass is 16.5. The molecule has 0 aromatic heterocycles. The van der Waals surface area contributed by atoms with E-state index in [1.165, 1.54) is 22.3 Å². The molecule has 0 saturated carbocycles. The molecule has 0 unspecified atom stereocenters. The number of hydrogen-bond donors (Lipinski definition) is 1. The summed E-state index contributed by atoms with van der Waals surface area (Å²) in [5, 5.41) is 3.64. The van der Waals surface area contributed by atoms with Gasteiger partial charge in [-0.3, -0.25) is 4.90 Å². The Labute approximate surface area is 171 Å². The highest BCUT2D eigenvalue weighted by Gasteiger charge is 2.27. The molecule has 1 N–H and O–H groups in total. The van der Waals surface area contributed by atoms with Gasteiger partial charge in [0, 0.05) is 32.1 Å². The van der Waals surface area contributed by atoms with Crippen molar-refractivity contribution in [3.05, 3.63) is 72.3 Å². The van der Waals surface area contributed by atoms with Gasteiger partial charge in [0.15, 0.2) is 0 Å². The normalized spacial score (nSPS) is 15.6. The minimum absolute atomic E-state index is 0. The molecule has 28 heavy (non-hydrogen) atoms. The van der Waals surface area contributed by atoms with Crippen LogP contribution in [0.2, 0.25) is 0 Å². The third kappa shape index (κ3) is 5.54. The number of nitrogens with one attached hydrogen (secondary N) is 1. The lowest BCUT2D eigenvalue weighted by Crippen LogP contribution is -2.40. The third-order valence-corrected chi connectivity index (χ3v) is 5.28. The Morgan fingerprint density at radius 1 is 1.00 bits per heavy atom. The molecule has 0 bridgehead atoms. The number of benzene rings is 2. The second-order valence-corrected chi connectivity index (χ2v) is 7.13. The van der Waals surface area contributed by atoms with E-state index in [1.54, 1.807) is 6.08 Å². The zero-order valence-electron chi connectivity index (χ0n) is 16.5. The Hall–Kier alpha value is -1.94. The molecular weight excluding hydrogens is 344 g/mol. The summed E-state index contributed by atoms with van der Waals surface area (Å²) >= 11 is 0. The Morgan fingerprint density at radius 2 is 1.54 bits per heavy atom. The van der Waals surface area contributed by atoms with E-state index in [1.807, 2.05) is 6.92 Å². The highest BCUT2D eigenvalue weighted by molar-refractivity contribution is 5.78. The van der Waals surface area contributed by atoms with Crippen LogP contribution in [-0.2, 0) is 4.74 Å². The lowest BCUT2D eigenvalue weighted by atomic mass is 9.94. The van der Waals surface area contributed by atoms with Crippen LogP contribution in [0.5, 0.6) is 0 Å². The van der Waals surface area contributed by atoms with Crippen LogP contribution >= 0.6 is 0 Å². The number of ether oxygens (including phenoxy) is 1. The van der Waals surface area contributed by atoms with Gasteiger partial charge in [0.2, 0.25) is 0 Å². The molecule has 3 nitrogen and oxygen atoms in total. The SMILES string of the molecule is C.C=CC.c1ccc2c(c1)-c1ccccc1C2CCNCCN1CCOCC1. The smallest absolute Gasteiger partial charge is 0.0594 e. The van der Waals surface area contributed by atoms with Crippen LogP contribution in [0.15, 0.2) is 61.2 Å². The number of fused-ring (bicyclic) bond motifs is 3. The van der Waals surface area contributed by atoms with E-state index in [4.69, 9.17) is 4.74 Å². The summed E-state index contributed by atoms with van der Waals surface area (Å²) in [7, 11) is 0. The van der Waals surface area contributed by atoms with Crippen molar-refractivity contribution in [2.24, 2.45) is 0 Å². The van der Waals surface area contributed by atoms with Gasteiger partial charge in [0.05, 0.1) is 13.2 Å². The molecule has 1 fully saturated rings. The van der Waals surface area contributed by atoms with Crippen molar-refractivity contribution >= 4 is 0 Å². The van der Waals surface area contributed by atoms with E-state index < -0.39 is 0 Å². The fourth-order valence-electron chi connectivity index (χ4n) is 4.00. The second-order valence-electron chi connectivity index (χ2n) is 7.13. The van der Waals surface area contributed by atoms with Gasteiger partial charge in [-0.25, -0.2) is 0 Å². The Kier molecular flexibility index (Phi) is 9.42. The van der Waals surface area contributed by atoms with E-state index >= 15 is 0 Å². The summed E-state index contributed by atoms with van der Waals surface area (Å²) in [6.07, 6.45) is 2.91. The largest absolute Gasteiger partial charge is 0.379 e. The third-order valence-electron chi connectivity index (χ3n) is 5.28. The Bertz CT molecular complexity index is 676. The average Bonchev–Trinajstić information content (AvgIpc) is 3.03. The maximum Gasteiger partial charge on any atom is 0.0594 e. The highest BCUT2D eigenvalue weighted by Crippen LogP contribution is 2.45. The molecule has 2 aliphatic rings. The summed E-state index contributed by atoms with van der Waals surface area (Å²) in [6.45, 7) is 12.4. The number of hydrogen-bond acceptors (Lipinski definition) is 3. The van der Waals surface area contributed by atoms with Crippen molar-refractivity contribution in [2.75, 3.05) is 45.9 Å². The molecule has 2 aromatic carbocycles. The molecular formula is C25H36N2O. The van der Waals surface area contributed by atoms with Gasteiger partial charge < -0.3 is 10.1 Å². The average molecular weight is 381 g/mol. The minimum atomic E-state index is 0. The first kappa shape index (κ1) is 22.4. The molecule has 1 saturated heterocycles. The van der Waals surface area contributed by atoms with Crippen molar-refractivity contribution in [3.63, 3.8) is 0 Å². The van der Waals surface area contributed by atoms with Crippen molar-refractivity contribution in [2.45, 2.75) is 26.7 Å². The van der Waals surface area contributed by atoms with Crippen molar-refractivity contribution < 1.29 is 4.74 Å². The molecule has 0 spiro atoms. The van der Waals surface area contributed by atoms with Crippen LogP contribution in [0.1, 0.15) is 37.8 Å². The Balaban J connectivity index is 0.000000660. The summed E-state index contributed by atoms with van der Waals surface area (Å²) < 4.78 is 5.40. The van der Waals surface area contributed by atoms with Gasteiger partial charge in [-0.05, 0) is 42.1 Å². The van der Waals surface area contributed by atoms with Gasteiger partial charge in [0.25, 0.3) is 0 Å². The lowest BCUT2D eigenvalue weighted by molar-refractivity contribution is 0.0384. The standard InChI is InChI=1S/C21H26N2O.C3H6.CH4/c1-3-7-19-17(5-1)18-6-2-4-8-20(18)21(19)9-10-22-11-12-23-13-15-24-16-14-23;1-3-2;/h1-8,21-22H,9-16H2;3H,1H2,2H3;1H4. The molecule has 1 aliphatic heterocycles. The molecule has 3 heteroatoms. The summed E-state index contributed by atoms with van der Waals surface area (Å²) in [5.74, 6) is 0.535. The van der Waals surface area contributed by atoms with E-state index in [0.29, 0.717) is 5.92 Å². The van der Waals surface area contributed by atoms with Gasteiger partial charge in [-0.2, -0.15) is 0 Å². The van der Waals surface area contributed by atoms with E-state index in [0.717, 1.165) is 52.4 Å². The van der Waals surface area contributed by atoms with Crippen LogP contribution in [0, 0.1) is 0 Å². The van der Waals surface area contributed by atoms with Crippen LogP contribution in [0.3, 0.4) is 0 Å². The number of nitrogens with zero attached hydrogens (tertiary/aromatic N) is 1. The summed E-state index contributed by atoms with van der Waals surface area (Å²) in [5.41, 5.74) is 5.83. The second kappa shape index (κ2) is 11.8. The van der Waals surface area contributed by atoms with Crippen molar-refractivity contribution in [3.8, 4) is 11.1 Å². The summed E-state index contributed by atoms with van der Waals surface area (Å²) in [4.78, 5) is 2.48. The fourth-order valence-corrected chi connectivity index (χ4v) is 4.00. The van der Waals surface area contributed by atoms with E-state index in [-0.39, 0.29) is 7.43 Å². The number of morpholine rings is 1. The zero-order valence-corrected chi connectivity index (χ0v) is 16.5. The molecule has 4 rings (SSSR count). The molecule has 152 valence electrons. The first-order valence-electron chi connectivity index (χ1n) is 10.1. The molecule has 0 amide bonds. The van der Waals surface area contributed by atoms with Gasteiger partial charge in [-0.1, -0.05) is 62.0 Å². The van der Waals surface area contributed by atoms with Crippen LogP contribution in [0.4, 0.5) is 0 Å². The molecule has 0 atom stereocenters. The maximum atomic E-state index is 5.40. The predicted molar refractivity (Wildman–Crippen MR) is 121 cm³/mol. The monoisotopic (exact) mass is 380 g/mol. The number of allylic oxidation sites excluding steroid dienone is 1. The van der Waals surface area contributed by atoms with Crippen LogP contribution in [0.25, 0.3) is 11.1 Å². The lowest BCUT2D eigenvalue weighted by Gasteiger charge is -2.26. The summed E-state index contributed by atoms with van der Waals surface area (Å²) in [6, 6.07) is 17.8. The zero-order chi connectivity index (χ0) is 18.9. The molecule has 1 aliphatic carbocycles. The fraction of sp³-hybridized carbons (Fsp3) is 0.440. The van der Waals surface area contributed by atoms with Gasteiger partial charge in [0.1, 0.15) is 0 Å². The van der Waals surface area contributed by atoms with Gasteiger partial charge in [-0.15, -0.1) is 6.58 Å². The number of rotatable bonds is 6. The maximum absolute atomic E-state index is 5.40. The van der Waals surface area contributed by atoms with E-state index in [9.17, 15) is 0 Å². The Morgan fingerprint density at radius 3 is 2.11 bits per heavy atom.